The van der Waals surface area contributed by atoms with Crippen LogP contribution >= 0.6 is 0 Å². The van der Waals surface area contributed by atoms with Crippen LogP contribution in [0.25, 0.3) is 0 Å². The highest BCUT2D eigenvalue weighted by Gasteiger charge is 2.22. The van der Waals surface area contributed by atoms with Gasteiger partial charge in [-0.05, 0) is 0 Å². The molecular formula is C6H9NO4. The molecule has 5 nitrogen and oxygen atoms in total. The van der Waals surface area contributed by atoms with Crippen LogP contribution in [-0.4, -0.2) is 30.2 Å². The number of ether oxygens (including phenoxy) is 2. The van der Waals surface area contributed by atoms with Gasteiger partial charge in [0.15, 0.2) is 0 Å². The van der Waals surface area contributed by atoms with Crippen LogP contribution in [0.4, 0.5) is 4.79 Å². The Hall–Kier alpha value is -1.07. The second-order valence-corrected chi connectivity index (χ2v) is 2.09. The first kappa shape index (κ1) is 8.03. The van der Waals surface area contributed by atoms with Gasteiger partial charge >= 0.3 is 6.16 Å². The lowest BCUT2D eigenvalue weighted by Crippen LogP contribution is -2.40. The maximum Gasteiger partial charge on any atom is 0.508 e. The number of nitrogens with two attached hydrogens (primary N) is 1. The van der Waals surface area contributed by atoms with Crippen molar-refractivity contribution in [2.45, 2.75) is 12.3 Å². The molecule has 62 valence electrons. The third-order valence-corrected chi connectivity index (χ3v) is 1.25. The number of hydrogen-bond acceptors (Lipinski definition) is 4. The smallest absolute Gasteiger partial charge is 0.450 e. The molecule has 0 aliphatic carbocycles. The summed E-state index contributed by atoms with van der Waals surface area (Å²) < 4.78 is 9.21. The number of carbonyl (C=O) groups is 1. The fourth-order valence-electron chi connectivity index (χ4n) is 0.777. The number of rotatable bonds is 1. The van der Waals surface area contributed by atoms with Crippen LogP contribution in [0.1, 0.15) is 0 Å². The molecule has 11 heavy (non-hydrogen) atoms. The standard InChI is InChI=1S/C6H9NO4/c7-4-2-1-3-10-5(4)11-6(8)9/h1-2,4-5H,3,7H2,(H,8,9)/t4-,5+/m0/s1. The zero-order chi connectivity index (χ0) is 8.27. The van der Waals surface area contributed by atoms with E-state index in [0.717, 1.165) is 0 Å². The summed E-state index contributed by atoms with van der Waals surface area (Å²) in [6.07, 6.45) is 1.13. The van der Waals surface area contributed by atoms with Crippen molar-refractivity contribution in [3.8, 4) is 0 Å². The summed E-state index contributed by atoms with van der Waals surface area (Å²) in [5.41, 5.74) is 5.43. The molecule has 1 aliphatic heterocycles. The molecule has 1 heterocycles. The minimum absolute atomic E-state index is 0.339. The normalized spacial score (nSPS) is 29.9. The predicted molar refractivity (Wildman–Crippen MR) is 36.0 cm³/mol. The second kappa shape index (κ2) is 3.36. The summed E-state index contributed by atoms with van der Waals surface area (Å²) in [7, 11) is 0. The molecule has 3 N–H and O–H groups in total. The molecule has 0 aromatic heterocycles. The van der Waals surface area contributed by atoms with E-state index in [1.54, 1.807) is 12.2 Å². The summed E-state index contributed by atoms with van der Waals surface area (Å²) in [5.74, 6) is 0. The van der Waals surface area contributed by atoms with E-state index >= 15 is 0 Å². The number of carboxylic acid groups (broad SMARTS) is 1. The van der Waals surface area contributed by atoms with E-state index in [4.69, 9.17) is 15.6 Å². The fourth-order valence-corrected chi connectivity index (χ4v) is 0.777. The highest BCUT2D eigenvalue weighted by molar-refractivity contribution is 5.57. The van der Waals surface area contributed by atoms with Gasteiger partial charge in [-0.15, -0.1) is 0 Å². The van der Waals surface area contributed by atoms with Crippen molar-refractivity contribution in [1.29, 1.82) is 0 Å². The Morgan fingerprint density at radius 1 is 1.82 bits per heavy atom. The van der Waals surface area contributed by atoms with Crippen LogP contribution in [0.15, 0.2) is 12.2 Å². The van der Waals surface area contributed by atoms with E-state index in [-0.39, 0.29) is 0 Å². The molecule has 0 amide bonds. The fraction of sp³-hybridized carbons (Fsp3) is 0.500. The van der Waals surface area contributed by atoms with Gasteiger partial charge in [-0.2, -0.15) is 0 Å². The van der Waals surface area contributed by atoms with E-state index in [0.29, 0.717) is 6.61 Å². The molecule has 5 heteroatoms. The molecule has 0 bridgehead atoms. The van der Waals surface area contributed by atoms with Crippen molar-refractivity contribution in [3.05, 3.63) is 12.2 Å². The maximum atomic E-state index is 10.0. The molecule has 0 saturated carbocycles. The van der Waals surface area contributed by atoms with Gasteiger partial charge in [-0.25, -0.2) is 4.79 Å². The van der Waals surface area contributed by atoms with Crippen LogP contribution in [0.3, 0.4) is 0 Å². The minimum atomic E-state index is -1.37. The highest BCUT2D eigenvalue weighted by atomic mass is 16.8. The quantitative estimate of drug-likeness (QED) is 0.413. The molecule has 2 atom stereocenters. The van der Waals surface area contributed by atoms with Gasteiger partial charge in [0, 0.05) is 0 Å². The topological polar surface area (TPSA) is 81.8 Å². The Morgan fingerprint density at radius 2 is 2.55 bits per heavy atom. The lowest BCUT2D eigenvalue weighted by atomic mass is 10.2. The predicted octanol–water partition coefficient (Wildman–Crippen LogP) is -0.0792. The lowest BCUT2D eigenvalue weighted by Gasteiger charge is -2.22. The average Bonchev–Trinajstić information content (AvgIpc) is 1.93. The first-order valence-electron chi connectivity index (χ1n) is 3.13. The lowest BCUT2D eigenvalue weighted by molar-refractivity contribution is -0.118. The Bertz CT molecular complexity index is 179. The summed E-state index contributed by atoms with van der Waals surface area (Å²) in [5, 5.41) is 8.20. The van der Waals surface area contributed by atoms with Crippen molar-refractivity contribution in [1.82, 2.24) is 0 Å². The van der Waals surface area contributed by atoms with Gasteiger partial charge in [-0.1, -0.05) is 12.2 Å². The van der Waals surface area contributed by atoms with Crippen LogP contribution in [-0.2, 0) is 9.47 Å². The van der Waals surface area contributed by atoms with E-state index in [1.165, 1.54) is 0 Å². The SMILES string of the molecule is N[C@H]1C=CCO[C@@H]1OC(=O)O. The molecule has 0 unspecified atom stereocenters. The Kier molecular flexibility index (Phi) is 2.45. The van der Waals surface area contributed by atoms with Crippen LogP contribution in [0, 0.1) is 0 Å². The second-order valence-electron chi connectivity index (χ2n) is 2.09. The molecule has 1 rings (SSSR count). The molecule has 0 fully saturated rings. The molecule has 0 saturated heterocycles. The Morgan fingerprint density at radius 3 is 3.09 bits per heavy atom. The van der Waals surface area contributed by atoms with Crippen molar-refractivity contribution >= 4 is 6.16 Å². The molecule has 0 aromatic carbocycles. The molecular weight excluding hydrogens is 150 g/mol. The highest BCUT2D eigenvalue weighted by Crippen LogP contribution is 2.06. The third kappa shape index (κ3) is 2.21. The van der Waals surface area contributed by atoms with Crippen molar-refractivity contribution in [2.75, 3.05) is 6.61 Å². The van der Waals surface area contributed by atoms with Crippen LogP contribution < -0.4 is 5.73 Å². The van der Waals surface area contributed by atoms with Gasteiger partial charge in [0.25, 0.3) is 0 Å². The van der Waals surface area contributed by atoms with E-state index in [1.807, 2.05) is 0 Å². The molecule has 1 aliphatic rings. The van der Waals surface area contributed by atoms with Crippen molar-refractivity contribution in [2.24, 2.45) is 5.73 Å². The summed E-state index contributed by atoms with van der Waals surface area (Å²) in [6, 6.07) is -0.500. The van der Waals surface area contributed by atoms with Crippen LogP contribution in [0.5, 0.6) is 0 Å². The van der Waals surface area contributed by atoms with Crippen LogP contribution in [0.2, 0.25) is 0 Å². The summed E-state index contributed by atoms with van der Waals surface area (Å²) >= 11 is 0. The molecule has 0 spiro atoms. The van der Waals surface area contributed by atoms with Gasteiger partial charge in [0.1, 0.15) is 0 Å². The molecule has 0 radical (unpaired) electrons. The van der Waals surface area contributed by atoms with Crippen molar-refractivity contribution < 1.29 is 19.4 Å². The minimum Gasteiger partial charge on any atom is -0.450 e. The van der Waals surface area contributed by atoms with Gasteiger partial charge in [0.05, 0.1) is 12.6 Å². The zero-order valence-corrected chi connectivity index (χ0v) is 5.77. The number of hydrogen-bond donors (Lipinski definition) is 2. The zero-order valence-electron chi connectivity index (χ0n) is 5.77. The maximum absolute atomic E-state index is 10.0. The van der Waals surface area contributed by atoms with Gasteiger partial charge in [-0.3, -0.25) is 0 Å². The summed E-state index contributed by atoms with van der Waals surface area (Å²) in [4.78, 5) is 10.0. The Balaban J connectivity index is 2.45. The van der Waals surface area contributed by atoms with Gasteiger partial charge < -0.3 is 20.3 Å². The molecule has 0 aromatic rings. The summed E-state index contributed by atoms with van der Waals surface area (Å²) in [6.45, 7) is 0.339. The monoisotopic (exact) mass is 159 g/mol. The Labute approximate surface area is 63.4 Å². The van der Waals surface area contributed by atoms with E-state index < -0.39 is 18.5 Å². The van der Waals surface area contributed by atoms with E-state index in [9.17, 15) is 4.79 Å². The largest absolute Gasteiger partial charge is 0.508 e. The van der Waals surface area contributed by atoms with Crippen molar-refractivity contribution in [3.63, 3.8) is 0 Å². The van der Waals surface area contributed by atoms with E-state index in [2.05, 4.69) is 4.74 Å². The first-order valence-corrected chi connectivity index (χ1v) is 3.13. The first-order chi connectivity index (χ1) is 5.20. The average molecular weight is 159 g/mol. The van der Waals surface area contributed by atoms with Gasteiger partial charge in [0.2, 0.25) is 6.29 Å². The third-order valence-electron chi connectivity index (χ3n) is 1.25.